The van der Waals surface area contributed by atoms with Gasteiger partial charge in [-0.1, -0.05) is 30.3 Å². The molecule has 2 rings (SSSR count). The third kappa shape index (κ3) is 4.02. The molecule has 0 saturated heterocycles. The Morgan fingerprint density at radius 3 is 2.73 bits per heavy atom. The van der Waals surface area contributed by atoms with Crippen molar-refractivity contribution < 1.29 is 14.3 Å². The molecule has 1 heterocycles. The normalized spacial score (nSPS) is 10.3. The van der Waals surface area contributed by atoms with Crippen LogP contribution in [0.15, 0.2) is 36.5 Å². The summed E-state index contributed by atoms with van der Waals surface area (Å²) in [5.74, 6) is 0.556. The van der Waals surface area contributed by atoms with Gasteiger partial charge in [0.1, 0.15) is 11.4 Å². The lowest BCUT2D eigenvalue weighted by Crippen LogP contribution is -2.15. The number of nitrogens with zero attached hydrogens (tertiary/aromatic N) is 2. The van der Waals surface area contributed by atoms with Crippen molar-refractivity contribution in [3.05, 3.63) is 42.1 Å². The quantitative estimate of drug-likeness (QED) is 0.625. The number of ether oxygens (including phenoxy) is 2. The monoisotopic (exact) mass is 301 g/mol. The van der Waals surface area contributed by atoms with E-state index in [1.54, 1.807) is 14.0 Å². The fourth-order valence-electron chi connectivity index (χ4n) is 1.87. The van der Waals surface area contributed by atoms with Crippen molar-refractivity contribution in [1.29, 1.82) is 0 Å². The van der Waals surface area contributed by atoms with Crippen LogP contribution in [0.1, 0.15) is 17.3 Å². The maximum absolute atomic E-state index is 12.0. The first-order chi connectivity index (χ1) is 10.8. The number of anilines is 1. The van der Waals surface area contributed by atoms with Crippen molar-refractivity contribution >= 4 is 11.8 Å². The van der Waals surface area contributed by atoms with Gasteiger partial charge in [0.15, 0.2) is 5.82 Å². The Bertz CT molecular complexity index is 617. The first-order valence-corrected chi connectivity index (χ1v) is 7.08. The maximum atomic E-state index is 12.0. The highest BCUT2D eigenvalue weighted by Gasteiger charge is 2.16. The number of esters is 1. The smallest absolute Gasteiger partial charge is 0.343 e. The maximum Gasteiger partial charge on any atom is 0.343 e. The second-order valence-electron chi connectivity index (χ2n) is 4.46. The van der Waals surface area contributed by atoms with Crippen LogP contribution in [0.3, 0.4) is 0 Å². The number of benzene rings is 1. The number of nitrogens with one attached hydrogen (secondary N) is 1. The molecule has 6 nitrogen and oxygen atoms in total. The third-order valence-corrected chi connectivity index (χ3v) is 2.91. The van der Waals surface area contributed by atoms with Crippen LogP contribution >= 0.6 is 0 Å². The summed E-state index contributed by atoms with van der Waals surface area (Å²) >= 11 is 0. The van der Waals surface area contributed by atoms with Crippen molar-refractivity contribution in [3.8, 4) is 11.4 Å². The van der Waals surface area contributed by atoms with Crippen LogP contribution < -0.4 is 5.32 Å². The summed E-state index contributed by atoms with van der Waals surface area (Å²) in [6.07, 6.45) is 1.49. The summed E-state index contributed by atoms with van der Waals surface area (Å²) in [5.41, 5.74) is 1.20. The zero-order valence-corrected chi connectivity index (χ0v) is 12.7. The van der Waals surface area contributed by atoms with Crippen molar-refractivity contribution in [2.75, 3.05) is 32.2 Å². The van der Waals surface area contributed by atoms with E-state index in [1.807, 2.05) is 30.3 Å². The predicted molar refractivity (Wildman–Crippen MR) is 83.8 cm³/mol. The van der Waals surface area contributed by atoms with E-state index in [9.17, 15) is 4.79 Å². The fourth-order valence-corrected chi connectivity index (χ4v) is 1.87. The molecule has 116 valence electrons. The summed E-state index contributed by atoms with van der Waals surface area (Å²) in [4.78, 5) is 20.7. The Kier molecular flexibility index (Phi) is 5.85. The van der Waals surface area contributed by atoms with Crippen LogP contribution in [-0.2, 0) is 9.47 Å². The van der Waals surface area contributed by atoms with Gasteiger partial charge in [0.05, 0.1) is 13.2 Å². The Labute approximate surface area is 129 Å². The van der Waals surface area contributed by atoms with Crippen molar-refractivity contribution in [2.45, 2.75) is 6.92 Å². The first-order valence-electron chi connectivity index (χ1n) is 7.08. The lowest BCUT2D eigenvalue weighted by molar-refractivity contribution is 0.0526. The minimum absolute atomic E-state index is 0.302. The zero-order chi connectivity index (χ0) is 15.8. The van der Waals surface area contributed by atoms with Gasteiger partial charge in [0.2, 0.25) is 0 Å². The fraction of sp³-hybridized carbons (Fsp3) is 0.312. The zero-order valence-electron chi connectivity index (χ0n) is 12.7. The number of carbonyl (C=O) groups excluding carboxylic acids is 1. The molecule has 0 atom stereocenters. The molecule has 0 amide bonds. The third-order valence-electron chi connectivity index (χ3n) is 2.91. The molecule has 0 aliphatic rings. The molecule has 0 fully saturated rings. The van der Waals surface area contributed by atoms with E-state index in [0.29, 0.717) is 37.0 Å². The summed E-state index contributed by atoms with van der Waals surface area (Å²) in [6.45, 7) is 3.10. The molecule has 0 saturated carbocycles. The van der Waals surface area contributed by atoms with E-state index < -0.39 is 5.97 Å². The van der Waals surface area contributed by atoms with Crippen LogP contribution in [0.4, 0.5) is 5.82 Å². The molecule has 6 heteroatoms. The molecule has 1 N–H and O–H groups in total. The number of hydrogen-bond acceptors (Lipinski definition) is 6. The van der Waals surface area contributed by atoms with E-state index in [1.165, 1.54) is 6.20 Å². The van der Waals surface area contributed by atoms with E-state index >= 15 is 0 Å². The molecular formula is C16H19N3O3. The highest BCUT2D eigenvalue weighted by atomic mass is 16.5. The van der Waals surface area contributed by atoms with Crippen LogP contribution in [0.5, 0.6) is 0 Å². The number of methoxy groups -OCH3 is 1. The molecule has 22 heavy (non-hydrogen) atoms. The minimum Gasteiger partial charge on any atom is -0.462 e. The van der Waals surface area contributed by atoms with Gasteiger partial charge in [0.25, 0.3) is 0 Å². The van der Waals surface area contributed by atoms with E-state index in [4.69, 9.17) is 9.47 Å². The summed E-state index contributed by atoms with van der Waals surface area (Å²) < 4.78 is 10.0. The first kappa shape index (κ1) is 15.9. The number of aromatic nitrogens is 2. The van der Waals surface area contributed by atoms with Gasteiger partial charge in [-0.25, -0.2) is 14.8 Å². The van der Waals surface area contributed by atoms with Crippen molar-refractivity contribution in [2.24, 2.45) is 0 Å². The standard InChI is InChI=1S/C16H19N3O3/c1-3-22-16(20)13-11-18-14(12-7-5-4-6-8-12)19-15(13)17-9-10-21-2/h4-8,11H,3,9-10H2,1-2H3,(H,17,18,19). The summed E-state index contributed by atoms with van der Waals surface area (Å²) in [7, 11) is 1.61. The second-order valence-corrected chi connectivity index (χ2v) is 4.46. The molecule has 0 bridgehead atoms. The van der Waals surface area contributed by atoms with Gasteiger partial charge in [0, 0.05) is 25.4 Å². The summed E-state index contributed by atoms with van der Waals surface area (Å²) in [6, 6.07) is 9.58. The largest absolute Gasteiger partial charge is 0.462 e. The van der Waals surface area contributed by atoms with Gasteiger partial charge in [-0.2, -0.15) is 0 Å². The van der Waals surface area contributed by atoms with E-state index in [0.717, 1.165) is 5.56 Å². The molecule has 0 radical (unpaired) electrons. The van der Waals surface area contributed by atoms with Crippen LogP contribution in [0, 0.1) is 0 Å². The Hall–Kier alpha value is -2.47. The molecule has 0 aliphatic heterocycles. The lowest BCUT2D eigenvalue weighted by atomic mass is 10.2. The van der Waals surface area contributed by atoms with Crippen molar-refractivity contribution in [1.82, 2.24) is 9.97 Å². The Balaban J connectivity index is 2.32. The second kappa shape index (κ2) is 8.09. The van der Waals surface area contributed by atoms with E-state index in [-0.39, 0.29) is 0 Å². The van der Waals surface area contributed by atoms with Crippen LogP contribution in [0.2, 0.25) is 0 Å². The van der Waals surface area contributed by atoms with Crippen LogP contribution in [0.25, 0.3) is 11.4 Å². The lowest BCUT2D eigenvalue weighted by Gasteiger charge is -2.11. The number of carbonyl (C=O) groups is 1. The average molecular weight is 301 g/mol. The average Bonchev–Trinajstić information content (AvgIpc) is 2.56. The minimum atomic E-state index is -0.443. The molecule has 0 aliphatic carbocycles. The van der Waals surface area contributed by atoms with Gasteiger partial charge in [-0.3, -0.25) is 0 Å². The Morgan fingerprint density at radius 1 is 1.27 bits per heavy atom. The van der Waals surface area contributed by atoms with Gasteiger partial charge < -0.3 is 14.8 Å². The van der Waals surface area contributed by atoms with Crippen LogP contribution in [-0.4, -0.2) is 42.8 Å². The molecular weight excluding hydrogens is 282 g/mol. The van der Waals surface area contributed by atoms with Crippen molar-refractivity contribution in [3.63, 3.8) is 0 Å². The SMILES string of the molecule is CCOC(=O)c1cnc(-c2ccccc2)nc1NCCOC. The molecule has 0 unspecified atom stereocenters. The highest BCUT2D eigenvalue weighted by Crippen LogP contribution is 2.19. The topological polar surface area (TPSA) is 73.3 Å². The highest BCUT2D eigenvalue weighted by molar-refractivity contribution is 5.94. The molecule has 1 aromatic carbocycles. The van der Waals surface area contributed by atoms with Gasteiger partial charge >= 0.3 is 5.97 Å². The molecule has 1 aromatic heterocycles. The summed E-state index contributed by atoms with van der Waals surface area (Å²) in [5, 5.41) is 3.09. The molecule has 0 spiro atoms. The van der Waals surface area contributed by atoms with Gasteiger partial charge in [-0.05, 0) is 6.92 Å². The predicted octanol–water partition coefficient (Wildman–Crippen LogP) is 2.38. The Morgan fingerprint density at radius 2 is 2.05 bits per heavy atom. The molecule has 2 aromatic rings. The van der Waals surface area contributed by atoms with Gasteiger partial charge in [-0.15, -0.1) is 0 Å². The van der Waals surface area contributed by atoms with E-state index in [2.05, 4.69) is 15.3 Å². The number of hydrogen-bond donors (Lipinski definition) is 1. The number of rotatable bonds is 7.